The van der Waals surface area contributed by atoms with Gasteiger partial charge in [-0.25, -0.2) is 0 Å². The van der Waals surface area contributed by atoms with Crippen molar-refractivity contribution in [1.29, 1.82) is 0 Å². The second kappa shape index (κ2) is 9.93. The fourth-order valence-corrected chi connectivity index (χ4v) is 2.86. The summed E-state index contributed by atoms with van der Waals surface area (Å²) in [6, 6.07) is 16.3. The normalized spacial score (nSPS) is 12.2. The van der Waals surface area contributed by atoms with Gasteiger partial charge in [-0.2, -0.15) is 0 Å². The molecular formula is C23H28O5. The first-order chi connectivity index (χ1) is 13.3. The summed E-state index contributed by atoms with van der Waals surface area (Å²) in [5.41, 5.74) is 0.933. The highest BCUT2D eigenvalue weighted by Crippen LogP contribution is 2.27. The standard InChI is InChI=1S/C23H28O5/c1-23(2,3)28-20(24)14-7-8-15-27-19-13-9-12-18(16-19)21(22(25)26)17-10-5-4-6-11-17/h4-6,9-13,16,21H,7-8,14-15H2,1-3H3,(H,25,26). The lowest BCUT2D eigenvalue weighted by atomic mass is 9.91. The third-order valence-electron chi connectivity index (χ3n) is 4.04. The maximum absolute atomic E-state index is 11.8. The van der Waals surface area contributed by atoms with Crippen molar-refractivity contribution in [2.45, 2.75) is 51.6 Å². The molecule has 0 amide bonds. The van der Waals surface area contributed by atoms with Crippen LogP contribution in [0, 0.1) is 0 Å². The Balaban J connectivity index is 1.89. The fraction of sp³-hybridized carbons (Fsp3) is 0.391. The largest absolute Gasteiger partial charge is 0.494 e. The van der Waals surface area contributed by atoms with Crippen molar-refractivity contribution in [1.82, 2.24) is 0 Å². The Morgan fingerprint density at radius 2 is 1.64 bits per heavy atom. The molecule has 5 nitrogen and oxygen atoms in total. The first-order valence-corrected chi connectivity index (χ1v) is 9.48. The van der Waals surface area contributed by atoms with Crippen LogP contribution in [0.15, 0.2) is 54.6 Å². The summed E-state index contributed by atoms with van der Waals surface area (Å²) in [5, 5.41) is 9.66. The highest BCUT2D eigenvalue weighted by molar-refractivity contribution is 5.80. The molecule has 1 unspecified atom stereocenters. The number of hydrogen-bond acceptors (Lipinski definition) is 4. The molecule has 0 aliphatic heterocycles. The minimum Gasteiger partial charge on any atom is -0.494 e. The van der Waals surface area contributed by atoms with Gasteiger partial charge in [0, 0.05) is 6.42 Å². The van der Waals surface area contributed by atoms with E-state index in [1.807, 2.05) is 51.1 Å². The van der Waals surface area contributed by atoms with E-state index in [4.69, 9.17) is 9.47 Å². The van der Waals surface area contributed by atoms with Gasteiger partial charge in [0.1, 0.15) is 17.3 Å². The van der Waals surface area contributed by atoms with E-state index < -0.39 is 17.5 Å². The van der Waals surface area contributed by atoms with E-state index in [1.165, 1.54) is 0 Å². The summed E-state index contributed by atoms with van der Waals surface area (Å²) < 4.78 is 11.0. The van der Waals surface area contributed by atoms with E-state index >= 15 is 0 Å². The number of esters is 1. The number of aliphatic carboxylic acids is 1. The van der Waals surface area contributed by atoms with Gasteiger partial charge in [0.25, 0.3) is 0 Å². The van der Waals surface area contributed by atoms with Crippen LogP contribution < -0.4 is 4.74 Å². The molecule has 0 saturated carbocycles. The summed E-state index contributed by atoms with van der Waals surface area (Å²) in [7, 11) is 0. The van der Waals surface area contributed by atoms with E-state index in [-0.39, 0.29) is 5.97 Å². The minimum atomic E-state index is -0.902. The second-order valence-corrected chi connectivity index (χ2v) is 7.65. The van der Waals surface area contributed by atoms with Crippen LogP contribution in [0.2, 0.25) is 0 Å². The maximum atomic E-state index is 11.8. The van der Waals surface area contributed by atoms with Gasteiger partial charge in [-0.15, -0.1) is 0 Å². The summed E-state index contributed by atoms with van der Waals surface area (Å²) in [6.07, 6.45) is 1.75. The molecule has 0 heterocycles. The summed E-state index contributed by atoms with van der Waals surface area (Å²) in [6.45, 7) is 6.00. The topological polar surface area (TPSA) is 72.8 Å². The smallest absolute Gasteiger partial charge is 0.315 e. The molecule has 2 rings (SSSR count). The molecular weight excluding hydrogens is 356 g/mol. The van der Waals surface area contributed by atoms with E-state index in [9.17, 15) is 14.7 Å². The number of benzene rings is 2. The zero-order chi connectivity index (χ0) is 20.6. The van der Waals surface area contributed by atoms with Crippen LogP contribution in [0.3, 0.4) is 0 Å². The lowest BCUT2D eigenvalue weighted by Crippen LogP contribution is -2.23. The van der Waals surface area contributed by atoms with Crippen molar-refractivity contribution in [3.8, 4) is 5.75 Å². The predicted molar refractivity (Wildman–Crippen MR) is 108 cm³/mol. The lowest BCUT2D eigenvalue weighted by molar-refractivity contribution is -0.155. The lowest BCUT2D eigenvalue weighted by Gasteiger charge is -2.19. The predicted octanol–water partition coefficient (Wildman–Crippen LogP) is 4.79. The Morgan fingerprint density at radius 3 is 2.29 bits per heavy atom. The van der Waals surface area contributed by atoms with Crippen LogP contribution in [-0.2, 0) is 14.3 Å². The van der Waals surface area contributed by atoms with Crippen molar-refractivity contribution >= 4 is 11.9 Å². The Kier molecular flexibility index (Phi) is 7.61. The molecule has 0 fully saturated rings. The Labute approximate surface area is 166 Å². The monoisotopic (exact) mass is 384 g/mol. The Bertz CT molecular complexity index is 777. The number of carboxylic acids is 1. The number of ether oxygens (including phenoxy) is 2. The first-order valence-electron chi connectivity index (χ1n) is 9.48. The van der Waals surface area contributed by atoms with Crippen molar-refractivity contribution in [3.05, 3.63) is 65.7 Å². The molecule has 2 aromatic carbocycles. The third kappa shape index (κ3) is 7.06. The van der Waals surface area contributed by atoms with Crippen molar-refractivity contribution in [2.75, 3.05) is 6.61 Å². The molecule has 0 radical (unpaired) electrons. The van der Waals surface area contributed by atoms with Gasteiger partial charge >= 0.3 is 11.9 Å². The van der Waals surface area contributed by atoms with Gasteiger partial charge in [-0.05, 0) is 56.9 Å². The number of unbranched alkanes of at least 4 members (excludes halogenated alkanes) is 1. The molecule has 0 spiro atoms. The molecule has 0 aliphatic carbocycles. The van der Waals surface area contributed by atoms with E-state index in [1.54, 1.807) is 24.3 Å². The van der Waals surface area contributed by atoms with Gasteiger partial charge in [-0.1, -0.05) is 42.5 Å². The third-order valence-corrected chi connectivity index (χ3v) is 4.04. The quantitative estimate of drug-likeness (QED) is 0.497. The van der Waals surface area contributed by atoms with Crippen LogP contribution in [0.4, 0.5) is 0 Å². The molecule has 0 bridgehead atoms. The molecule has 1 atom stereocenters. The van der Waals surface area contributed by atoms with Crippen LogP contribution in [0.5, 0.6) is 5.75 Å². The van der Waals surface area contributed by atoms with Crippen LogP contribution in [0.1, 0.15) is 57.1 Å². The first kappa shape index (κ1) is 21.5. The summed E-state index contributed by atoms with van der Waals surface area (Å²) in [4.78, 5) is 23.5. The molecule has 1 N–H and O–H groups in total. The molecule has 0 saturated heterocycles. The average Bonchev–Trinajstić information content (AvgIpc) is 2.61. The van der Waals surface area contributed by atoms with Crippen LogP contribution >= 0.6 is 0 Å². The highest BCUT2D eigenvalue weighted by Gasteiger charge is 2.22. The minimum absolute atomic E-state index is 0.207. The van der Waals surface area contributed by atoms with Gasteiger partial charge in [0.2, 0.25) is 0 Å². The molecule has 28 heavy (non-hydrogen) atoms. The Morgan fingerprint density at radius 1 is 0.964 bits per heavy atom. The average molecular weight is 384 g/mol. The van der Waals surface area contributed by atoms with Gasteiger partial charge in [-0.3, -0.25) is 9.59 Å². The number of hydrogen-bond donors (Lipinski definition) is 1. The Hall–Kier alpha value is -2.82. The van der Waals surface area contributed by atoms with Crippen LogP contribution in [-0.4, -0.2) is 29.3 Å². The maximum Gasteiger partial charge on any atom is 0.315 e. The van der Waals surface area contributed by atoms with E-state index in [0.29, 0.717) is 37.2 Å². The van der Waals surface area contributed by atoms with Crippen molar-refractivity contribution in [3.63, 3.8) is 0 Å². The number of carbonyl (C=O) groups is 2. The van der Waals surface area contributed by atoms with Gasteiger partial charge in [0.05, 0.1) is 6.61 Å². The highest BCUT2D eigenvalue weighted by atomic mass is 16.6. The molecule has 5 heteroatoms. The number of carboxylic acid groups (broad SMARTS) is 1. The zero-order valence-corrected chi connectivity index (χ0v) is 16.7. The van der Waals surface area contributed by atoms with Gasteiger partial charge in [0.15, 0.2) is 0 Å². The van der Waals surface area contributed by atoms with E-state index in [0.717, 1.165) is 5.56 Å². The SMILES string of the molecule is CC(C)(C)OC(=O)CCCCOc1cccc(C(C(=O)O)c2ccccc2)c1. The fourth-order valence-electron chi connectivity index (χ4n) is 2.86. The summed E-state index contributed by atoms with van der Waals surface area (Å²) >= 11 is 0. The summed E-state index contributed by atoms with van der Waals surface area (Å²) in [5.74, 6) is -1.23. The van der Waals surface area contributed by atoms with Crippen LogP contribution in [0.25, 0.3) is 0 Å². The molecule has 0 aromatic heterocycles. The number of carbonyl (C=O) groups excluding carboxylic acids is 1. The second-order valence-electron chi connectivity index (χ2n) is 7.65. The molecule has 150 valence electrons. The molecule has 0 aliphatic rings. The zero-order valence-electron chi connectivity index (χ0n) is 16.7. The van der Waals surface area contributed by atoms with Crippen molar-refractivity contribution in [2.24, 2.45) is 0 Å². The van der Waals surface area contributed by atoms with E-state index in [2.05, 4.69) is 0 Å². The molecule has 2 aromatic rings. The number of rotatable bonds is 9. The van der Waals surface area contributed by atoms with Gasteiger partial charge < -0.3 is 14.6 Å². The van der Waals surface area contributed by atoms with Crippen molar-refractivity contribution < 1.29 is 24.2 Å².